The molecule has 3 aromatic rings. The average Bonchev–Trinajstić information content (AvgIpc) is 3.18. The number of ketones is 1. The van der Waals surface area contributed by atoms with Crippen LogP contribution in [0.4, 0.5) is 5.69 Å². The Bertz CT molecular complexity index is 966. The van der Waals surface area contributed by atoms with Crippen molar-refractivity contribution >= 4 is 23.3 Å². The second-order valence-electron chi connectivity index (χ2n) is 5.29. The molecule has 0 bridgehead atoms. The molecule has 130 valence electrons. The first-order valence-corrected chi connectivity index (χ1v) is 7.66. The predicted molar refractivity (Wildman–Crippen MR) is 94.5 cm³/mol. The average molecular weight is 349 g/mol. The minimum atomic E-state index is -0.704. The van der Waals surface area contributed by atoms with Gasteiger partial charge in [-0.2, -0.15) is 0 Å². The molecule has 5 N–H and O–H groups in total. The molecular formula is C18H15N5O3. The summed E-state index contributed by atoms with van der Waals surface area (Å²) in [7, 11) is 0. The summed E-state index contributed by atoms with van der Waals surface area (Å²) >= 11 is 0. The van der Waals surface area contributed by atoms with Crippen molar-refractivity contribution in [2.75, 3.05) is 5.32 Å². The number of nitrogens with zero attached hydrogens (tertiary/aromatic N) is 1. The molecule has 2 amide bonds. The Kier molecular flexibility index (Phi) is 4.86. The van der Waals surface area contributed by atoms with E-state index in [2.05, 4.69) is 15.3 Å². The number of nitrogen functional groups attached to an aromatic ring is 1. The van der Waals surface area contributed by atoms with Gasteiger partial charge in [0.1, 0.15) is 5.69 Å². The number of amides is 2. The van der Waals surface area contributed by atoms with Gasteiger partial charge in [0.05, 0.1) is 12.0 Å². The first-order valence-electron chi connectivity index (χ1n) is 7.66. The number of benzene rings is 2. The van der Waals surface area contributed by atoms with Crippen LogP contribution < -0.4 is 16.6 Å². The molecule has 2 aromatic carbocycles. The Labute approximate surface area is 148 Å². The molecule has 0 atom stereocenters. The van der Waals surface area contributed by atoms with Gasteiger partial charge in [0, 0.05) is 11.1 Å². The largest absolute Gasteiger partial charge is 0.340 e. The van der Waals surface area contributed by atoms with E-state index >= 15 is 0 Å². The molecule has 8 heteroatoms. The Morgan fingerprint density at radius 1 is 0.923 bits per heavy atom. The molecule has 1 heterocycles. The highest BCUT2D eigenvalue weighted by molar-refractivity contribution is 6.16. The Morgan fingerprint density at radius 2 is 1.62 bits per heavy atom. The Balaban J connectivity index is 1.90. The van der Waals surface area contributed by atoms with Crippen LogP contribution in [-0.4, -0.2) is 27.6 Å². The molecule has 0 aliphatic heterocycles. The van der Waals surface area contributed by atoms with Crippen molar-refractivity contribution in [2.24, 2.45) is 5.84 Å². The molecular weight excluding hydrogens is 334 g/mol. The third-order valence-corrected chi connectivity index (χ3v) is 3.67. The van der Waals surface area contributed by atoms with Gasteiger partial charge in [-0.3, -0.25) is 19.8 Å². The molecule has 0 saturated heterocycles. The van der Waals surface area contributed by atoms with Crippen molar-refractivity contribution in [2.45, 2.75) is 0 Å². The number of nitrogens with one attached hydrogen (secondary N) is 3. The number of rotatable bonds is 5. The lowest BCUT2D eigenvalue weighted by Gasteiger charge is -2.10. The number of aromatic nitrogens is 2. The number of anilines is 1. The first-order chi connectivity index (χ1) is 12.6. The predicted octanol–water partition coefficient (Wildman–Crippen LogP) is 1.50. The molecule has 1 aromatic heterocycles. The van der Waals surface area contributed by atoms with Crippen LogP contribution in [-0.2, 0) is 0 Å². The van der Waals surface area contributed by atoms with Gasteiger partial charge in [-0.15, -0.1) is 0 Å². The maximum atomic E-state index is 12.7. The summed E-state index contributed by atoms with van der Waals surface area (Å²) in [6, 6.07) is 15.3. The number of carbonyl (C=O) groups is 3. The van der Waals surface area contributed by atoms with E-state index in [1.54, 1.807) is 48.5 Å². The van der Waals surface area contributed by atoms with E-state index in [-0.39, 0.29) is 17.2 Å². The third kappa shape index (κ3) is 3.35. The standard InChI is InChI=1S/C18H15N5O3/c19-23-18(26)15-14(20-10-21-15)17(25)22-13-9-5-4-8-12(13)16(24)11-6-2-1-3-7-11/h1-10H,19H2,(H,20,21)(H,22,25)(H,23,26). The maximum Gasteiger partial charge on any atom is 0.286 e. The number of hydrogen-bond donors (Lipinski definition) is 4. The van der Waals surface area contributed by atoms with Crippen molar-refractivity contribution in [1.29, 1.82) is 0 Å². The smallest absolute Gasteiger partial charge is 0.286 e. The van der Waals surface area contributed by atoms with E-state index in [0.717, 1.165) is 0 Å². The molecule has 0 unspecified atom stereocenters. The van der Waals surface area contributed by atoms with Crippen LogP contribution in [0.3, 0.4) is 0 Å². The van der Waals surface area contributed by atoms with E-state index in [0.29, 0.717) is 16.8 Å². The van der Waals surface area contributed by atoms with E-state index in [1.165, 1.54) is 6.33 Å². The van der Waals surface area contributed by atoms with Crippen molar-refractivity contribution in [3.63, 3.8) is 0 Å². The summed E-state index contributed by atoms with van der Waals surface area (Å²) in [6.45, 7) is 0. The number of H-pyrrole nitrogens is 1. The summed E-state index contributed by atoms with van der Waals surface area (Å²) in [5, 5.41) is 2.63. The zero-order valence-electron chi connectivity index (χ0n) is 13.5. The van der Waals surface area contributed by atoms with Gasteiger partial charge in [0.15, 0.2) is 11.5 Å². The number of imidazole rings is 1. The molecule has 0 fully saturated rings. The van der Waals surface area contributed by atoms with Gasteiger partial charge >= 0.3 is 0 Å². The third-order valence-electron chi connectivity index (χ3n) is 3.67. The van der Waals surface area contributed by atoms with Crippen LogP contribution in [0.5, 0.6) is 0 Å². The second kappa shape index (κ2) is 7.41. The zero-order valence-corrected chi connectivity index (χ0v) is 13.5. The fraction of sp³-hybridized carbons (Fsp3) is 0. The maximum absolute atomic E-state index is 12.7. The van der Waals surface area contributed by atoms with E-state index in [4.69, 9.17) is 5.84 Å². The van der Waals surface area contributed by atoms with E-state index in [1.807, 2.05) is 11.5 Å². The van der Waals surface area contributed by atoms with Crippen LogP contribution in [0.15, 0.2) is 60.9 Å². The lowest BCUT2D eigenvalue weighted by Crippen LogP contribution is -2.32. The summed E-state index contributed by atoms with van der Waals surface area (Å²) in [5.74, 6) is 3.53. The molecule has 0 saturated carbocycles. The highest BCUT2D eigenvalue weighted by Gasteiger charge is 2.21. The topological polar surface area (TPSA) is 130 Å². The van der Waals surface area contributed by atoms with Crippen molar-refractivity contribution in [3.05, 3.63) is 83.4 Å². The minimum Gasteiger partial charge on any atom is -0.340 e. The SMILES string of the molecule is NNC(=O)c1nc[nH]c1C(=O)Nc1ccccc1C(=O)c1ccccc1. The van der Waals surface area contributed by atoms with Gasteiger partial charge in [-0.05, 0) is 12.1 Å². The highest BCUT2D eigenvalue weighted by atomic mass is 16.2. The van der Waals surface area contributed by atoms with Crippen molar-refractivity contribution < 1.29 is 14.4 Å². The summed E-state index contributed by atoms with van der Waals surface area (Å²) in [5.41, 5.74) is 2.87. The number of nitrogens with two attached hydrogens (primary N) is 1. The zero-order chi connectivity index (χ0) is 18.5. The van der Waals surface area contributed by atoms with Crippen molar-refractivity contribution in [3.8, 4) is 0 Å². The van der Waals surface area contributed by atoms with Crippen LogP contribution >= 0.6 is 0 Å². The van der Waals surface area contributed by atoms with Crippen LogP contribution in [0.25, 0.3) is 0 Å². The number of para-hydroxylation sites is 1. The van der Waals surface area contributed by atoms with Gasteiger partial charge in [0.2, 0.25) is 0 Å². The molecule has 0 radical (unpaired) electrons. The summed E-state index contributed by atoms with van der Waals surface area (Å²) in [6.07, 6.45) is 1.21. The quantitative estimate of drug-likeness (QED) is 0.240. The Morgan fingerprint density at radius 3 is 2.35 bits per heavy atom. The number of carbonyl (C=O) groups excluding carboxylic acids is 3. The molecule has 0 aliphatic carbocycles. The van der Waals surface area contributed by atoms with E-state index < -0.39 is 11.8 Å². The minimum absolute atomic E-state index is 0.0603. The molecule has 8 nitrogen and oxygen atoms in total. The van der Waals surface area contributed by atoms with Gasteiger partial charge in [0.25, 0.3) is 11.8 Å². The molecule has 3 rings (SSSR count). The van der Waals surface area contributed by atoms with Crippen LogP contribution in [0, 0.1) is 0 Å². The number of aromatic amines is 1. The first kappa shape index (κ1) is 17.1. The lowest BCUT2D eigenvalue weighted by molar-refractivity contribution is 0.0935. The molecule has 0 aliphatic rings. The monoisotopic (exact) mass is 349 g/mol. The summed E-state index contributed by atoms with van der Waals surface area (Å²) in [4.78, 5) is 43.3. The fourth-order valence-electron chi connectivity index (χ4n) is 2.43. The normalized spacial score (nSPS) is 10.2. The Hall–Kier alpha value is -3.78. The summed E-state index contributed by atoms with van der Waals surface area (Å²) < 4.78 is 0. The van der Waals surface area contributed by atoms with Gasteiger partial charge in [-0.25, -0.2) is 10.8 Å². The number of hydrazine groups is 1. The highest BCUT2D eigenvalue weighted by Crippen LogP contribution is 2.20. The van der Waals surface area contributed by atoms with Gasteiger partial charge < -0.3 is 10.3 Å². The molecule has 26 heavy (non-hydrogen) atoms. The van der Waals surface area contributed by atoms with Crippen molar-refractivity contribution in [1.82, 2.24) is 15.4 Å². The number of hydrogen-bond acceptors (Lipinski definition) is 5. The van der Waals surface area contributed by atoms with E-state index in [9.17, 15) is 14.4 Å². The van der Waals surface area contributed by atoms with Crippen LogP contribution in [0.1, 0.15) is 36.9 Å². The fourth-order valence-corrected chi connectivity index (χ4v) is 2.43. The molecule has 0 spiro atoms. The lowest BCUT2D eigenvalue weighted by atomic mass is 10.0. The second-order valence-corrected chi connectivity index (χ2v) is 5.29. The van der Waals surface area contributed by atoms with Crippen LogP contribution in [0.2, 0.25) is 0 Å². The van der Waals surface area contributed by atoms with Gasteiger partial charge in [-0.1, -0.05) is 42.5 Å².